The lowest BCUT2D eigenvalue weighted by Gasteiger charge is -2.20. The predicted octanol–water partition coefficient (Wildman–Crippen LogP) is 1.90. The van der Waals surface area contributed by atoms with E-state index in [4.69, 9.17) is 5.11 Å². The number of aliphatic hydroxyl groups is 1. The number of carbonyl (C=O) groups is 1. The van der Waals surface area contributed by atoms with Gasteiger partial charge in [0.15, 0.2) is 0 Å². The molecule has 1 fully saturated rings. The van der Waals surface area contributed by atoms with Gasteiger partial charge in [-0.3, -0.25) is 4.79 Å². The van der Waals surface area contributed by atoms with Crippen molar-refractivity contribution in [2.75, 3.05) is 13.2 Å². The van der Waals surface area contributed by atoms with Crippen LogP contribution in [-0.2, 0) is 0 Å². The van der Waals surface area contributed by atoms with Gasteiger partial charge in [-0.1, -0.05) is 0 Å². The number of aliphatic hydroxyl groups excluding tert-OH is 1. The molecule has 19 heavy (non-hydrogen) atoms. The number of benzene rings is 1. The second-order valence-corrected chi connectivity index (χ2v) is 4.87. The fourth-order valence-corrected chi connectivity index (χ4v) is 2.32. The summed E-state index contributed by atoms with van der Waals surface area (Å²) in [5, 5.41) is 9.72. The second kappa shape index (κ2) is 4.66. The van der Waals surface area contributed by atoms with Crippen LogP contribution in [0.3, 0.4) is 0 Å². The van der Waals surface area contributed by atoms with Gasteiger partial charge in [0.1, 0.15) is 11.5 Å². The van der Waals surface area contributed by atoms with Crippen molar-refractivity contribution in [3.63, 3.8) is 0 Å². The number of fused-ring (bicyclic) bond motifs is 1. The Kier molecular flexibility index (Phi) is 2.98. The summed E-state index contributed by atoms with van der Waals surface area (Å²) in [5.74, 6) is -0.451. The van der Waals surface area contributed by atoms with E-state index >= 15 is 0 Å². The van der Waals surface area contributed by atoms with E-state index in [1.54, 1.807) is 17.0 Å². The van der Waals surface area contributed by atoms with E-state index in [0.717, 1.165) is 18.4 Å². The van der Waals surface area contributed by atoms with Crippen molar-refractivity contribution < 1.29 is 14.3 Å². The number of halogens is 1. The fraction of sp³-hybridized carbons (Fsp3) is 0.357. The third-order valence-electron chi connectivity index (χ3n) is 3.40. The summed E-state index contributed by atoms with van der Waals surface area (Å²) in [6, 6.07) is 6.28. The maximum absolute atomic E-state index is 13.1. The molecule has 1 heterocycles. The summed E-state index contributed by atoms with van der Waals surface area (Å²) in [5.41, 5.74) is 1.19. The zero-order valence-electron chi connectivity index (χ0n) is 10.4. The molecule has 0 atom stereocenters. The van der Waals surface area contributed by atoms with Gasteiger partial charge in [-0.05, 0) is 37.1 Å². The smallest absolute Gasteiger partial charge is 0.270 e. The highest BCUT2D eigenvalue weighted by Gasteiger charge is 2.33. The topological polar surface area (TPSA) is 56.3 Å². The minimum Gasteiger partial charge on any atom is -0.395 e. The molecule has 0 aliphatic heterocycles. The Morgan fingerprint density at radius 3 is 2.89 bits per heavy atom. The molecular weight excluding hydrogens is 247 g/mol. The normalized spacial score (nSPS) is 14.8. The minimum absolute atomic E-state index is 0.0445. The number of carbonyl (C=O) groups excluding carboxylic acids is 1. The number of hydrogen-bond acceptors (Lipinski definition) is 2. The van der Waals surface area contributed by atoms with Crippen LogP contribution in [0.4, 0.5) is 4.39 Å². The summed E-state index contributed by atoms with van der Waals surface area (Å²) >= 11 is 0. The predicted molar refractivity (Wildman–Crippen MR) is 69.4 cm³/mol. The van der Waals surface area contributed by atoms with Crippen LogP contribution >= 0.6 is 0 Å². The first-order valence-electron chi connectivity index (χ1n) is 6.39. The van der Waals surface area contributed by atoms with Crippen LogP contribution in [0.1, 0.15) is 23.3 Å². The van der Waals surface area contributed by atoms with E-state index in [9.17, 15) is 9.18 Å². The Morgan fingerprint density at radius 2 is 2.21 bits per heavy atom. The third-order valence-corrected chi connectivity index (χ3v) is 3.40. The molecule has 4 nitrogen and oxygen atoms in total. The average molecular weight is 262 g/mol. The minimum atomic E-state index is -0.320. The highest BCUT2D eigenvalue weighted by atomic mass is 19.1. The van der Waals surface area contributed by atoms with Gasteiger partial charge in [-0.15, -0.1) is 0 Å². The summed E-state index contributed by atoms with van der Waals surface area (Å²) in [7, 11) is 0. The monoisotopic (exact) mass is 262 g/mol. The number of rotatable bonds is 4. The molecule has 1 aromatic carbocycles. The molecule has 1 aliphatic rings. The van der Waals surface area contributed by atoms with Crippen LogP contribution in [0.2, 0.25) is 0 Å². The molecule has 100 valence electrons. The number of nitrogens with one attached hydrogen (secondary N) is 1. The van der Waals surface area contributed by atoms with Crippen molar-refractivity contribution >= 4 is 16.8 Å². The lowest BCUT2D eigenvalue weighted by molar-refractivity contribution is 0.0702. The first-order chi connectivity index (χ1) is 9.19. The van der Waals surface area contributed by atoms with Crippen molar-refractivity contribution in [1.29, 1.82) is 0 Å². The maximum atomic E-state index is 13.1. The van der Waals surface area contributed by atoms with Gasteiger partial charge in [0.05, 0.1) is 6.61 Å². The molecule has 2 N–H and O–H groups in total. The number of aromatic amines is 1. The molecule has 1 aromatic heterocycles. The van der Waals surface area contributed by atoms with Crippen LogP contribution in [0.15, 0.2) is 24.3 Å². The lowest BCUT2D eigenvalue weighted by atomic mass is 10.2. The Balaban J connectivity index is 1.91. The zero-order chi connectivity index (χ0) is 13.4. The molecule has 1 saturated carbocycles. The Labute approximate surface area is 109 Å². The number of amides is 1. The second-order valence-electron chi connectivity index (χ2n) is 4.87. The van der Waals surface area contributed by atoms with Gasteiger partial charge in [0, 0.05) is 23.5 Å². The van der Waals surface area contributed by atoms with E-state index in [1.807, 2.05) is 0 Å². The van der Waals surface area contributed by atoms with E-state index in [-0.39, 0.29) is 24.4 Å². The highest BCUT2D eigenvalue weighted by molar-refractivity contribution is 5.98. The number of hydrogen-bond donors (Lipinski definition) is 2. The Morgan fingerprint density at radius 1 is 1.42 bits per heavy atom. The number of H-pyrrole nitrogens is 1. The summed E-state index contributed by atoms with van der Waals surface area (Å²) in [4.78, 5) is 17.0. The number of nitrogens with zero attached hydrogens (tertiary/aromatic N) is 1. The van der Waals surface area contributed by atoms with Crippen molar-refractivity contribution in [3.05, 3.63) is 35.8 Å². The van der Waals surface area contributed by atoms with Crippen molar-refractivity contribution in [1.82, 2.24) is 9.88 Å². The molecular formula is C14H15FN2O2. The molecule has 0 bridgehead atoms. The Bertz CT molecular complexity index is 619. The molecule has 5 heteroatoms. The Hall–Kier alpha value is -1.88. The van der Waals surface area contributed by atoms with Crippen LogP contribution in [0.5, 0.6) is 0 Å². The van der Waals surface area contributed by atoms with Crippen LogP contribution in [0.25, 0.3) is 10.9 Å². The van der Waals surface area contributed by atoms with Crippen LogP contribution in [0, 0.1) is 5.82 Å². The molecule has 1 amide bonds. The molecule has 0 unspecified atom stereocenters. The van der Waals surface area contributed by atoms with Crippen molar-refractivity contribution in [2.24, 2.45) is 0 Å². The summed E-state index contributed by atoms with van der Waals surface area (Å²) in [6.07, 6.45) is 1.97. The highest BCUT2D eigenvalue weighted by Crippen LogP contribution is 2.28. The van der Waals surface area contributed by atoms with Gasteiger partial charge in [-0.25, -0.2) is 4.39 Å². The van der Waals surface area contributed by atoms with Gasteiger partial charge in [-0.2, -0.15) is 0 Å². The van der Waals surface area contributed by atoms with Crippen LogP contribution < -0.4 is 0 Å². The molecule has 2 aromatic rings. The molecule has 0 spiro atoms. The van der Waals surface area contributed by atoms with Crippen molar-refractivity contribution in [3.8, 4) is 0 Å². The largest absolute Gasteiger partial charge is 0.395 e. The summed E-state index contributed by atoms with van der Waals surface area (Å²) in [6.45, 7) is 0.296. The van der Waals surface area contributed by atoms with E-state index in [2.05, 4.69) is 4.98 Å². The standard InChI is InChI=1S/C14H15FN2O2/c15-10-1-4-12-9(7-10)8-13(16-12)14(19)17(5-6-18)11-2-3-11/h1,4,7-8,11,16,18H,2-3,5-6H2. The average Bonchev–Trinajstić information content (AvgIpc) is 3.14. The van der Waals surface area contributed by atoms with E-state index < -0.39 is 0 Å². The van der Waals surface area contributed by atoms with Gasteiger partial charge >= 0.3 is 0 Å². The number of aromatic nitrogens is 1. The first kappa shape index (κ1) is 12.2. The lowest BCUT2D eigenvalue weighted by Crippen LogP contribution is -2.35. The van der Waals surface area contributed by atoms with Crippen molar-refractivity contribution in [2.45, 2.75) is 18.9 Å². The molecule has 1 aliphatic carbocycles. The molecule has 0 radical (unpaired) electrons. The van der Waals surface area contributed by atoms with Crippen LogP contribution in [-0.4, -0.2) is 40.1 Å². The SMILES string of the molecule is O=C(c1cc2cc(F)ccc2[nH]1)N(CCO)C1CC1. The maximum Gasteiger partial charge on any atom is 0.270 e. The summed E-state index contributed by atoms with van der Waals surface area (Å²) < 4.78 is 13.1. The van der Waals surface area contributed by atoms with E-state index in [0.29, 0.717) is 17.6 Å². The van der Waals surface area contributed by atoms with Gasteiger partial charge < -0.3 is 15.0 Å². The van der Waals surface area contributed by atoms with E-state index in [1.165, 1.54) is 12.1 Å². The quantitative estimate of drug-likeness (QED) is 0.884. The fourth-order valence-electron chi connectivity index (χ4n) is 2.32. The van der Waals surface area contributed by atoms with Gasteiger partial charge in [0.2, 0.25) is 0 Å². The first-order valence-corrected chi connectivity index (χ1v) is 6.39. The molecule has 0 saturated heterocycles. The van der Waals surface area contributed by atoms with Gasteiger partial charge in [0.25, 0.3) is 5.91 Å². The third kappa shape index (κ3) is 2.33. The zero-order valence-corrected chi connectivity index (χ0v) is 10.4. The molecule has 3 rings (SSSR count).